The van der Waals surface area contributed by atoms with Gasteiger partial charge in [0.2, 0.25) is 5.91 Å². The van der Waals surface area contributed by atoms with E-state index in [1.165, 1.54) is 6.92 Å². The Kier molecular flexibility index (Phi) is 2.46. The van der Waals surface area contributed by atoms with Gasteiger partial charge in [-0.3, -0.25) is 9.59 Å². The number of nitrogens with one attached hydrogen (secondary N) is 1. The molecule has 1 saturated heterocycles. The van der Waals surface area contributed by atoms with E-state index in [0.29, 0.717) is 0 Å². The first-order valence-corrected chi connectivity index (χ1v) is 4.04. The van der Waals surface area contributed by atoms with Gasteiger partial charge in [0.05, 0.1) is 13.0 Å². The summed E-state index contributed by atoms with van der Waals surface area (Å²) in [5, 5.41) is 11.1. The SMILES string of the molecule is COC(=O)C1CC(=O)NC1(C)C(=O)O. The lowest BCUT2D eigenvalue weighted by atomic mass is 9.87. The first-order chi connectivity index (χ1) is 6.41. The van der Waals surface area contributed by atoms with E-state index in [0.717, 1.165) is 7.11 Å². The number of aliphatic carboxylic acids is 1. The first-order valence-electron chi connectivity index (χ1n) is 4.04. The molecule has 6 heteroatoms. The maximum atomic E-state index is 11.2. The number of rotatable bonds is 2. The van der Waals surface area contributed by atoms with Crippen LogP contribution in [-0.4, -0.2) is 35.6 Å². The molecule has 2 unspecified atom stereocenters. The minimum Gasteiger partial charge on any atom is -0.479 e. The van der Waals surface area contributed by atoms with Crippen LogP contribution in [0.25, 0.3) is 0 Å². The molecule has 0 saturated carbocycles. The Bertz CT molecular complexity index is 300. The summed E-state index contributed by atoms with van der Waals surface area (Å²) in [7, 11) is 1.16. The molecule has 6 nitrogen and oxygen atoms in total. The van der Waals surface area contributed by atoms with Crippen molar-refractivity contribution in [2.75, 3.05) is 7.11 Å². The van der Waals surface area contributed by atoms with Crippen molar-refractivity contribution in [2.45, 2.75) is 18.9 Å². The van der Waals surface area contributed by atoms with Crippen molar-refractivity contribution in [1.82, 2.24) is 5.32 Å². The molecule has 0 spiro atoms. The van der Waals surface area contributed by atoms with E-state index in [4.69, 9.17) is 5.11 Å². The summed E-state index contributed by atoms with van der Waals surface area (Å²) in [6.07, 6.45) is -0.143. The van der Waals surface area contributed by atoms with Gasteiger partial charge in [-0.15, -0.1) is 0 Å². The molecule has 1 rings (SSSR count). The van der Waals surface area contributed by atoms with Crippen molar-refractivity contribution in [3.05, 3.63) is 0 Å². The van der Waals surface area contributed by atoms with Crippen LogP contribution in [0.3, 0.4) is 0 Å². The Labute approximate surface area is 80.2 Å². The fourth-order valence-electron chi connectivity index (χ4n) is 1.48. The van der Waals surface area contributed by atoms with Gasteiger partial charge in [0.15, 0.2) is 0 Å². The van der Waals surface area contributed by atoms with Crippen molar-refractivity contribution in [3.63, 3.8) is 0 Å². The molecule has 0 radical (unpaired) electrons. The lowest BCUT2D eigenvalue weighted by molar-refractivity contribution is -0.156. The third-order valence-corrected chi connectivity index (χ3v) is 2.42. The lowest BCUT2D eigenvalue weighted by Gasteiger charge is -2.23. The molecule has 1 fully saturated rings. The molecular formula is C8H11NO5. The van der Waals surface area contributed by atoms with E-state index < -0.39 is 29.3 Å². The highest BCUT2D eigenvalue weighted by Crippen LogP contribution is 2.28. The second-order valence-electron chi connectivity index (χ2n) is 3.34. The molecule has 2 atom stereocenters. The Morgan fingerprint density at radius 2 is 2.21 bits per heavy atom. The van der Waals surface area contributed by atoms with Crippen LogP contribution in [0.1, 0.15) is 13.3 Å². The number of hydrogen-bond acceptors (Lipinski definition) is 4. The second-order valence-corrected chi connectivity index (χ2v) is 3.34. The van der Waals surface area contributed by atoms with Gasteiger partial charge < -0.3 is 15.2 Å². The number of amides is 1. The average Bonchev–Trinajstić information content (AvgIpc) is 2.42. The molecule has 0 aromatic carbocycles. The molecule has 1 amide bonds. The van der Waals surface area contributed by atoms with E-state index in [1.807, 2.05) is 0 Å². The standard InChI is InChI=1S/C8H11NO5/c1-8(7(12)13)4(6(11)14-2)3-5(10)9-8/h4H,3H2,1-2H3,(H,9,10)(H,12,13). The molecule has 14 heavy (non-hydrogen) atoms. The maximum absolute atomic E-state index is 11.2. The normalized spacial score (nSPS) is 31.0. The number of carbonyl (C=O) groups excluding carboxylic acids is 2. The van der Waals surface area contributed by atoms with Crippen molar-refractivity contribution in [3.8, 4) is 0 Å². The zero-order valence-corrected chi connectivity index (χ0v) is 7.86. The van der Waals surface area contributed by atoms with Crippen molar-refractivity contribution in [2.24, 2.45) is 5.92 Å². The Balaban J connectivity index is 2.99. The van der Waals surface area contributed by atoms with Gasteiger partial charge in [-0.2, -0.15) is 0 Å². The van der Waals surface area contributed by atoms with Gasteiger partial charge in [-0.05, 0) is 6.92 Å². The van der Waals surface area contributed by atoms with Crippen LogP contribution in [0.5, 0.6) is 0 Å². The quantitative estimate of drug-likeness (QED) is 0.567. The third kappa shape index (κ3) is 1.43. The highest BCUT2D eigenvalue weighted by Gasteiger charge is 2.53. The predicted octanol–water partition coefficient (Wildman–Crippen LogP) is -0.861. The largest absolute Gasteiger partial charge is 0.479 e. The first kappa shape index (κ1) is 10.5. The summed E-state index contributed by atoms with van der Waals surface area (Å²) in [6, 6.07) is 0. The molecule has 0 bridgehead atoms. The fourth-order valence-corrected chi connectivity index (χ4v) is 1.48. The zero-order valence-electron chi connectivity index (χ0n) is 7.86. The monoisotopic (exact) mass is 201 g/mol. The van der Waals surface area contributed by atoms with Crippen LogP contribution in [0.2, 0.25) is 0 Å². The van der Waals surface area contributed by atoms with Gasteiger partial charge in [0.25, 0.3) is 0 Å². The molecule has 0 aromatic heterocycles. The highest BCUT2D eigenvalue weighted by atomic mass is 16.5. The van der Waals surface area contributed by atoms with Crippen molar-refractivity contribution < 1.29 is 24.2 Å². The molecule has 0 aromatic rings. The minimum absolute atomic E-state index is 0.143. The number of methoxy groups -OCH3 is 1. The lowest BCUT2D eigenvalue weighted by Crippen LogP contribution is -2.52. The number of ether oxygens (including phenoxy) is 1. The van der Waals surface area contributed by atoms with Gasteiger partial charge in [-0.25, -0.2) is 4.79 Å². The van der Waals surface area contributed by atoms with Crippen molar-refractivity contribution in [1.29, 1.82) is 0 Å². The van der Waals surface area contributed by atoms with Crippen LogP contribution >= 0.6 is 0 Å². The van der Waals surface area contributed by atoms with Crippen LogP contribution in [0.4, 0.5) is 0 Å². The smallest absolute Gasteiger partial charge is 0.330 e. The summed E-state index contributed by atoms with van der Waals surface area (Å²) in [5.74, 6) is -3.34. The summed E-state index contributed by atoms with van der Waals surface area (Å²) >= 11 is 0. The summed E-state index contributed by atoms with van der Waals surface area (Å²) in [6.45, 7) is 1.29. The van der Waals surface area contributed by atoms with Gasteiger partial charge >= 0.3 is 11.9 Å². The topological polar surface area (TPSA) is 92.7 Å². The van der Waals surface area contributed by atoms with Gasteiger partial charge in [-0.1, -0.05) is 0 Å². The van der Waals surface area contributed by atoms with Gasteiger partial charge in [0, 0.05) is 6.42 Å². The minimum atomic E-state index is -1.55. The number of esters is 1. The number of carboxylic acid groups (broad SMARTS) is 1. The van der Waals surface area contributed by atoms with Crippen molar-refractivity contribution >= 4 is 17.8 Å². The number of carbonyl (C=O) groups is 3. The van der Waals surface area contributed by atoms with Crippen LogP contribution in [0.15, 0.2) is 0 Å². The summed E-state index contributed by atoms with van der Waals surface area (Å²) in [4.78, 5) is 33.1. The fraction of sp³-hybridized carbons (Fsp3) is 0.625. The van der Waals surface area contributed by atoms with E-state index in [9.17, 15) is 14.4 Å². The average molecular weight is 201 g/mol. The molecule has 2 N–H and O–H groups in total. The molecular weight excluding hydrogens is 190 g/mol. The predicted molar refractivity (Wildman–Crippen MR) is 44.3 cm³/mol. The molecule has 1 aliphatic rings. The number of carboxylic acids is 1. The van der Waals surface area contributed by atoms with E-state index in [1.54, 1.807) is 0 Å². The van der Waals surface area contributed by atoms with E-state index >= 15 is 0 Å². The molecule has 1 aliphatic heterocycles. The molecule has 1 heterocycles. The Morgan fingerprint density at radius 1 is 1.64 bits per heavy atom. The van der Waals surface area contributed by atoms with Crippen LogP contribution < -0.4 is 5.32 Å². The summed E-state index contributed by atoms with van der Waals surface area (Å²) < 4.78 is 4.43. The molecule has 78 valence electrons. The van der Waals surface area contributed by atoms with Crippen LogP contribution in [0, 0.1) is 5.92 Å². The zero-order chi connectivity index (χ0) is 10.9. The van der Waals surface area contributed by atoms with E-state index in [-0.39, 0.29) is 6.42 Å². The number of hydrogen-bond donors (Lipinski definition) is 2. The Hall–Kier alpha value is -1.59. The highest BCUT2D eigenvalue weighted by molar-refractivity contribution is 5.98. The Morgan fingerprint density at radius 3 is 2.64 bits per heavy atom. The second kappa shape index (κ2) is 3.28. The van der Waals surface area contributed by atoms with Gasteiger partial charge in [0.1, 0.15) is 5.54 Å². The third-order valence-electron chi connectivity index (χ3n) is 2.42. The maximum Gasteiger partial charge on any atom is 0.330 e. The van der Waals surface area contributed by atoms with E-state index in [2.05, 4.69) is 10.1 Å². The summed E-state index contributed by atoms with van der Waals surface area (Å²) in [5.41, 5.74) is -1.55. The molecule has 0 aliphatic carbocycles. The van der Waals surface area contributed by atoms with Crippen LogP contribution in [-0.2, 0) is 19.1 Å².